The van der Waals surface area contributed by atoms with E-state index < -0.39 is 15.9 Å². The van der Waals surface area contributed by atoms with Crippen molar-refractivity contribution in [3.05, 3.63) is 0 Å². The van der Waals surface area contributed by atoms with E-state index in [9.17, 15) is 13.2 Å². The van der Waals surface area contributed by atoms with Gasteiger partial charge < -0.3 is 0 Å². The molecule has 14 heavy (non-hydrogen) atoms. The van der Waals surface area contributed by atoms with Crippen LogP contribution < -0.4 is 4.72 Å². The highest BCUT2D eigenvalue weighted by molar-refractivity contribution is 7.90. The minimum absolute atomic E-state index is 0.0432. The lowest BCUT2D eigenvalue weighted by Gasteiger charge is -2.18. The standard InChI is InChI=1S/C9H19NO3S/c1-7(2)8(11)10-14(12,13)6-9(3,4)5/h7H,6H2,1-5H3,(H,10,11). The third-order valence-electron chi connectivity index (χ3n) is 1.40. The van der Waals surface area contributed by atoms with Gasteiger partial charge in [0.15, 0.2) is 0 Å². The van der Waals surface area contributed by atoms with E-state index in [0.717, 1.165) is 0 Å². The number of carbonyl (C=O) groups is 1. The summed E-state index contributed by atoms with van der Waals surface area (Å²) in [5.74, 6) is -0.808. The summed E-state index contributed by atoms with van der Waals surface area (Å²) in [6.07, 6.45) is 0. The topological polar surface area (TPSA) is 63.2 Å². The molecule has 0 unspecified atom stereocenters. The molecule has 1 N–H and O–H groups in total. The fraction of sp³-hybridized carbons (Fsp3) is 0.889. The molecule has 0 fully saturated rings. The number of rotatable bonds is 3. The molecule has 0 rings (SSSR count). The monoisotopic (exact) mass is 221 g/mol. The molecule has 0 aromatic rings. The van der Waals surface area contributed by atoms with E-state index in [-0.39, 0.29) is 17.1 Å². The molecule has 0 radical (unpaired) electrons. The Morgan fingerprint density at radius 3 is 2.00 bits per heavy atom. The van der Waals surface area contributed by atoms with Crippen molar-refractivity contribution in [2.45, 2.75) is 34.6 Å². The Labute approximate surface area is 86.1 Å². The third-order valence-corrected chi connectivity index (χ3v) is 3.16. The Bertz CT molecular complexity index is 299. The highest BCUT2D eigenvalue weighted by Crippen LogP contribution is 2.15. The van der Waals surface area contributed by atoms with Gasteiger partial charge >= 0.3 is 0 Å². The summed E-state index contributed by atoms with van der Waals surface area (Å²) in [6.45, 7) is 8.74. The molecule has 0 aromatic heterocycles. The van der Waals surface area contributed by atoms with E-state index in [1.54, 1.807) is 13.8 Å². The number of hydrogen-bond donors (Lipinski definition) is 1. The van der Waals surface area contributed by atoms with Crippen LogP contribution >= 0.6 is 0 Å². The summed E-state index contributed by atoms with van der Waals surface area (Å²) in [5, 5.41) is 0. The molecule has 0 saturated heterocycles. The molecule has 5 heteroatoms. The lowest BCUT2D eigenvalue weighted by atomic mass is 10.0. The number of carbonyl (C=O) groups excluding carboxylic acids is 1. The lowest BCUT2D eigenvalue weighted by Crippen LogP contribution is -2.38. The number of hydrogen-bond acceptors (Lipinski definition) is 3. The van der Waals surface area contributed by atoms with Gasteiger partial charge in [-0.1, -0.05) is 34.6 Å². The van der Waals surface area contributed by atoms with Crippen LogP contribution in [0.5, 0.6) is 0 Å². The highest BCUT2D eigenvalue weighted by atomic mass is 32.2. The normalized spacial score (nSPS) is 13.0. The summed E-state index contributed by atoms with van der Waals surface area (Å²) in [4.78, 5) is 11.2. The van der Waals surface area contributed by atoms with Crippen molar-refractivity contribution in [3.8, 4) is 0 Å². The van der Waals surface area contributed by atoms with Gasteiger partial charge in [0, 0.05) is 5.92 Å². The first-order valence-corrected chi connectivity index (χ1v) is 6.23. The first-order valence-electron chi connectivity index (χ1n) is 4.58. The molecule has 0 aliphatic carbocycles. The summed E-state index contributed by atoms with van der Waals surface area (Å²) < 4.78 is 24.9. The molecule has 0 saturated carbocycles. The summed E-state index contributed by atoms with van der Waals surface area (Å²) in [6, 6.07) is 0. The van der Waals surface area contributed by atoms with Gasteiger partial charge in [-0.3, -0.25) is 9.52 Å². The average molecular weight is 221 g/mol. The second kappa shape index (κ2) is 4.29. The van der Waals surface area contributed by atoms with Gasteiger partial charge in [0.25, 0.3) is 0 Å². The van der Waals surface area contributed by atoms with Crippen LogP contribution in [0.3, 0.4) is 0 Å². The minimum Gasteiger partial charge on any atom is -0.274 e. The van der Waals surface area contributed by atoms with Gasteiger partial charge in [-0.2, -0.15) is 0 Å². The second-order valence-electron chi connectivity index (χ2n) is 4.94. The average Bonchev–Trinajstić information content (AvgIpc) is 1.78. The fourth-order valence-corrected chi connectivity index (χ4v) is 2.63. The molecule has 0 atom stereocenters. The van der Waals surface area contributed by atoms with Gasteiger partial charge in [-0.25, -0.2) is 8.42 Å². The Morgan fingerprint density at radius 1 is 1.29 bits per heavy atom. The van der Waals surface area contributed by atoms with E-state index in [4.69, 9.17) is 0 Å². The van der Waals surface area contributed by atoms with E-state index >= 15 is 0 Å². The van der Waals surface area contributed by atoms with Crippen LogP contribution in [0.1, 0.15) is 34.6 Å². The fourth-order valence-electron chi connectivity index (χ4n) is 0.877. The van der Waals surface area contributed by atoms with Crippen LogP contribution in [0.2, 0.25) is 0 Å². The van der Waals surface area contributed by atoms with Crippen molar-refractivity contribution >= 4 is 15.9 Å². The Balaban J connectivity index is 4.45. The van der Waals surface area contributed by atoms with Gasteiger partial charge in [-0.15, -0.1) is 0 Å². The molecule has 0 heterocycles. The maximum atomic E-state index is 11.4. The lowest BCUT2D eigenvalue weighted by molar-refractivity contribution is -0.122. The van der Waals surface area contributed by atoms with Gasteiger partial charge in [0.2, 0.25) is 15.9 Å². The Kier molecular flexibility index (Phi) is 4.12. The van der Waals surface area contributed by atoms with Crippen LogP contribution in [-0.4, -0.2) is 20.1 Å². The Hall–Kier alpha value is -0.580. The molecular formula is C9H19NO3S. The molecule has 0 aliphatic heterocycles. The molecule has 0 aromatic carbocycles. The van der Waals surface area contributed by atoms with Crippen LogP contribution in [0, 0.1) is 11.3 Å². The van der Waals surface area contributed by atoms with Crippen molar-refractivity contribution in [2.75, 3.05) is 5.75 Å². The van der Waals surface area contributed by atoms with E-state index in [2.05, 4.69) is 0 Å². The van der Waals surface area contributed by atoms with Gasteiger partial charge in [0.05, 0.1) is 5.75 Å². The first-order chi connectivity index (χ1) is 6.03. The van der Waals surface area contributed by atoms with Crippen molar-refractivity contribution < 1.29 is 13.2 Å². The summed E-state index contributed by atoms with van der Waals surface area (Å²) >= 11 is 0. The van der Waals surface area contributed by atoms with E-state index in [0.29, 0.717) is 0 Å². The van der Waals surface area contributed by atoms with Crippen LogP contribution in [0.15, 0.2) is 0 Å². The molecule has 0 bridgehead atoms. The number of nitrogens with one attached hydrogen (secondary N) is 1. The van der Waals surface area contributed by atoms with E-state index in [1.807, 2.05) is 25.5 Å². The van der Waals surface area contributed by atoms with Crippen LogP contribution in [-0.2, 0) is 14.8 Å². The van der Waals surface area contributed by atoms with Crippen molar-refractivity contribution in [1.82, 2.24) is 4.72 Å². The summed E-state index contributed by atoms with van der Waals surface area (Å²) in [7, 11) is -3.48. The van der Waals surface area contributed by atoms with Gasteiger partial charge in [0.1, 0.15) is 0 Å². The minimum atomic E-state index is -3.48. The molecule has 0 aliphatic rings. The van der Waals surface area contributed by atoms with Crippen molar-refractivity contribution in [1.29, 1.82) is 0 Å². The quantitative estimate of drug-likeness (QED) is 0.777. The maximum absolute atomic E-state index is 11.4. The summed E-state index contributed by atoms with van der Waals surface area (Å²) in [5.41, 5.74) is -0.344. The van der Waals surface area contributed by atoms with Crippen molar-refractivity contribution in [3.63, 3.8) is 0 Å². The highest BCUT2D eigenvalue weighted by Gasteiger charge is 2.23. The molecular weight excluding hydrogens is 202 g/mol. The predicted octanol–water partition coefficient (Wildman–Crippen LogP) is 1.13. The molecule has 1 amide bonds. The largest absolute Gasteiger partial charge is 0.274 e. The molecule has 4 nitrogen and oxygen atoms in total. The molecule has 84 valence electrons. The zero-order chi connectivity index (χ0) is 11.6. The predicted molar refractivity (Wildman–Crippen MR) is 56.2 cm³/mol. The first kappa shape index (κ1) is 13.4. The Morgan fingerprint density at radius 2 is 1.71 bits per heavy atom. The van der Waals surface area contributed by atoms with Crippen LogP contribution in [0.4, 0.5) is 0 Å². The zero-order valence-corrected chi connectivity index (χ0v) is 10.2. The van der Waals surface area contributed by atoms with E-state index in [1.165, 1.54) is 0 Å². The maximum Gasteiger partial charge on any atom is 0.235 e. The number of amides is 1. The second-order valence-corrected chi connectivity index (χ2v) is 6.66. The SMILES string of the molecule is CC(C)C(=O)NS(=O)(=O)CC(C)(C)C. The van der Waals surface area contributed by atoms with Gasteiger partial charge in [-0.05, 0) is 5.41 Å². The smallest absolute Gasteiger partial charge is 0.235 e. The third kappa shape index (κ3) is 5.96. The van der Waals surface area contributed by atoms with Crippen molar-refractivity contribution in [2.24, 2.45) is 11.3 Å². The number of sulfonamides is 1. The zero-order valence-electron chi connectivity index (χ0n) is 9.42. The molecule has 0 spiro atoms. The van der Waals surface area contributed by atoms with Crippen LogP contribution in [0.25, 0.3) is 0 Å².